The minimum atomic E-state index is -0.253. The molecule has 3 rings (SSSR count). The van der Waals surface area contributed by atoms with Crippen molar-refractivity contribution >= 4 is 29.3 Å². The fourth-order valence-electron chi connectivity index (χ4n) is 2.76. The molecule has 2 aliphatic rings. The first kappa shape index (κ1) is 15.0. The number of nitrogens with zero attached hydrogens (tertiary/aromatic N) is 5. The standard InChI is InChI=1S/C14H16ClN5O2/c1-9-8-22-7-6-19(9)14-17-12(15)10-3-5-20(13(10)18-14)11(21)2-4-16/h9H,2-3,5-8H2,1H3/t9-/m1/s1. The third-order valence-corrected chi connectivity index (χ3v) is 4.23. The van der Waals surface area contributed by atoms with E-state index in [1.807, 2.05) is 17.9 Å². The fraction of sp³-hybridized carbons (Fsp3) is 0.571. The van der Waals surface area contributed by atoms with Crippen LogP contribution < -0.4 is 9.80 Å². The molecule has 1 atom stereocenters. The van der Waals surface area contributed by atoms with Crippen molar-refractivity contribution in [1.82, 2.24) is 9.97 Å². The summed E-state index contributed by atoms with van der Waals surface area (Å²) in [4.78, 5) is 24.5. The van der Waals surface area contributed by atoms with Gasteiger partial charge in [0.2, 0.25) is 11.9 Å². The summed E-state index contributed by atoms with van der Waals surface area (Å²) >= 11 is 6.28. The Labute approximate surface area is 133 Å². The minimum Gasteiger partial charge on any atom is -0.377 e. The molecule has 3 heterocycles. The van der Waals surface area contributed by atoms with Crippen molar-refractivity contribution in [3.63, 3.8) is 0 Å². The lowest BCUT2D eigenvalue weighted by Crippen LogP contribution is -2.44. The van der Waals surface area contributed by atoms with Crippen LogP contribution >= 0.6 is 11.6 Å². The van der Waals surface area contributed by atoms with E-state index in [1.54, 1.807) is 0 Å². The monoisotopic (exact) mass is 321 g/mol. The Balaban J connectivity index is 1.96. The molecule has 116 valence electrons. The second kappa shape index (κ2) is 6.07. The van der Waals surface area contributed by atoms with Gasteiger partial charge < -0.3 is 9.64 Å². The van der Waals surface area contributed by atoms with Crippen molar-refractivity contribution in [2.75, 3.05) is 36.1 Å². The highest BCUT2D eigenvalue weighted by atomic mass is 35.5. The number of hydrogen-bond donors (Lipinski definition) is 0. The summed E-state index contributed by atoms with van der Waals surface area (Å²) in [6.45, 7) is 4.42. The maximum absolute atomic E-state index is 12.0. The molecule has 7 nitrogen and oxygen atoms in total. The van der Waals surface area contributed by atoms with Gasteiger partial charge in [-0.15, -0.1) is 0 Å². The Bertz CT molecular complexity index is 645. The largest absolute Gasteiger partial charge is 0.377 e. The number of rotatable bonds is 2. The van der Waals surface area contributed by atoms with Crippen molar-refractivity contribution in [1.29, 1.82) is 5.26 Å². The second-order valence-electron chi connectivity index (χ2n) is 5.36. The third-order valence-electron chi connectivity index (χ3n) is 3.92. The molecule has 0 radical (unpaired) electrons. The number of carbonyl (C=O) groups excluding carboxylic acids is 1. The van der Waals surface area contributed by atoms with Gasteiger partial charge in [0, 0.05) is 18.7 Å². The number of halogens is 1. The summed E-state index contributed by atoms with van der Waals surface area (Å²) in [5.74, 6) is 0.794. The molecule has 0 unspecified atom stereocenters. The zero-order valence-corrected chi connectivity index (χ0v) is 13.0. The summed E-state index contributed by atoms with van der Waals surface area (Å²) in [5.41, 5.74) is 0.776. The highest BCUT2D eigenvalue weighted by Gasteiger charge is 2.31. The van der Waals surface area contributed by atoms with Crippen LogP contribution in [0.15, 0.2) is 0 Å². The van der Waals surface area contributed by atoms with Crippen molar-refractivity contribution in [2.45, 2.75) is 25.8 Å². The molecule has 8 heteroatoms. The van der Waals surface area contributed by atoms with Crippen LogP contribution in [-0.2, 0) is 16.0 Å². The highest BCUT2D eigenvalue weighted by molar-refractivity contribution is 6.30. The number of aromatic nitrogens is 2. The molecule has 1 aromatic heterocycles. The molecule has 22 heavy (non-hydrogen) atoms. The molecule has 2 aliphatic heterocycles. The van der Waals surface area contributed by atoms with E-state index in [2.05, 4.69) is 9.97 Å². The minimum absolute atomic E-state index is 0.146. The van der Waals surface area contributed by atoms with E-state index in [9.17, 15) is 4.79 Å². The van der Waals surface area contributed by atoms with Crippen LogP contribution in [-0.4, -0.2) is 48.2 Å². The number of amides is 1. The topological polar surface area (TPSA) is 82.3 Å². The zero-order chi connectivity index (χ0) is 15.7. The number of nitriles is 1. The number of fused-ring (bicyclic) bond motifs is 1. The molecule has 0 aliphatic carbocycles. The number of carbonyl (C=O) groups is 1. The lowest BCUT2D eigenvalue weighted by atomic mass is 10.2. The molecule has 0 bridgehead atoms. The Morgan fingerprint density at radius 2 is 2.32 bits per heavy atom. The van der Waals surface area contributed by atoms with Gasteiger partial charge in [0.25, 0.3) is 0 Å². The maximum Gasteiger partial charge on any atom is 0.242 e. The number of hydrogen-bond acceptors (Lipinski definition) is 6. The van der Waals surface area contributed by atoms with E-state index in [1.165, 1.54) is 4.90 Å². The van der Waals surface area contributed by atoms with E-state index in [4.69, 9.17) is 21.6 Å². The Morgan fingerprint density at radius 1 is 1.50 bits per heavy atom. The predicted molar refractivity (Wildman–Crippen MR) is 81.0 cm³/mol. The average Bonchev–Trinajstić information content (AvgIpc) is 2.92. The molecule has 0 N–H and O–H groups in total. The van der Waals surface area contributed by atoms with Crippen LogP contribution in [0.2, 0.25) is 5.15 Å². The van der Waals surface area contributed by atoms with Crippen molar-refractivity contribution in [2.24, 2.45) is 0 Å². The normalized spacial score (nSPS) is 20.7. The maximum atomic E-state index is 12.0. The van der Waals surface area contributed by atoms with Crippen molar-refractivity contribution in [3.05, 3.63) is 10.7 Å². The SMILES string of the molecule is C[C@@H]1COCCN1c1nc(Cl)c2c(n1)N(C(=O)CC#N)CC2. The molecule has 1 saturated heterocycles. The van der Waals surface area contributed by atoms with E-state index in [-0.39, 0.29) is 18.4 Å². The molecule has 1 aromatic rings. The molecular formula is C14H16ClN5O2. The van der Waals surface area contributed by atoms with Crippen LogP contribution in [0.1, 0.15) is 18.9 Å². The first-order valence-corrected chi connectivity index (χ1v) is 7.57. The number of ether oxygens (including phenoxy) is 1. The third kappa shape index (κ3) is 2.60. The van der Waals surface area contributed by atoms with E-state index in [0.717, 1.165) is 5.56 Å². The lowest BCUT2D eigenvalue weighted by molar-refractivity contribution is -0.117. The Kier molecular flexibility index (Phi) is 4.14. The average molecular weight is 322 g/mol. The highest BCUT2D eigenvalue weighted by Crippen LogP contribution is 2.33. The molecule has 1 amide bonds. The second-order valence-corrected chi connectivity index (χ2v) is 5.72. The zero-order valence-electron chi connectivity index (χ0n) is 12.3. The van der Waals surface area contributed by atoms with E-state index >= 15 is 0 Å². The van der Waals surface area contributed by atoms with Gasteiger partial charge in [0.15, 0.2) is 0 Å². The fourth-order valence-corrected chi connectivity index (χ4v) is 3.02. The molecule has 1 fully saturated rings. The van der Waals surface area contributed by atoms with Crippen molar-refractivity contribution in [3.8, 4) is 6.07 Å². The molecule has 0 spiro atoms. The Morgan fingerprint density at radius 3 is 3.05 bits per heavy atom. The van der Waals surface area contributed by atoms with Gasteiger partial charge >= 0.3 is 0 Å². The van der Waals surface area contributed by atoms with Crippen LogP contribution in [0.4, 0.5) is 11.8 Å². The smallest absolute Gasteiger partial charge is 0.242 e. The van der Waals surface area contributed by atoms with Crippen molar-refractivity contribution < 1.29 is 9.53 Å². The first-order chi connectivity index (χ1) is 10.6. The Hall–Kier alpha value is -1.91. The van der Waals surface area contributed by atoms with E-state index < -0.39 is 0 Å². The molecular weight excluding hydrogens is 306 g/mol. The summed E-state index contributed by atoms with van der Waals surface area (Å²) in [6, 6.07) is 2.03. The molecule has 0 aromatic carbocycles. The van der Waals surface area contributed by atoms with Gasteiger partial charge in [-0.3, -0.25) is 9.69 Å². The summed E-state index contributed by atoms with van der Waals surface area (Å²) < 4.78 is 5.42. The molecule has 0 saturated carbocycles. The number of morpholine rings is 1. The first-order valence-electron chi connectivity index (χ1n) is 7.20. The van der Waals surface area contributed by atoms with Gasteiger partial charge in [-0.05, 0) is 13.3 Å². The van der Waals surface area contributed by atoms with Gasteiger partial charge in [-0.2, -0.15) is 10.2 Å². The van der Waals surface area contributed by atoms with Crippen LogP contribution in [0.5, 0.6) is 0 Å². The predicted octanol–water partition coefficient (Wildman–Crippen LogP) is 1.16. The van der Waals surface area contributed by atoms with Crippen LogP contribution in [0, 0.1) is 11.3 Å². The lowest BCUT2D eigenvalue weighted by Gasteiger charge is -2.33. The van der Waals surface area contributed by atoms with Crippen LogP contribution in [0.25, 0.3) is 0 Å². The summed E-state index contributed by atoms with van der Waals surface area (Å²) in [5, 5.41) is 9.09. The summed E-state index contributed by atoms with van der Waals surface area (Å²) in [7, 11) is 0. The van der Waals surface area contributed by atoms with Crippen LogP contribution in [0.3, 0.4) is 0 Å². The number of anilines is 2. The van der Waals surface area contributed by atoms with Gasteiger partial charge in [-0.25, -0.2) is 4.98 Å². The van der Waals surface area contributed by atoms with Gasteiger partial charge in [0.1, 0.15) is 17.4 Å². The van der Waals surface area contributed by atoms with Gasteiger partial charge in [-0.1, -0.05) is 11.6 Å². The quantitative estimate of drug-likeness (QED) is 0.760. The summed E-state index contributed by atoms with van der Waals surface area (Å²) in [6.07, 6.45) is 0.453. The van der Waals surface area contributed by atoms with E-state index in [0.29, 0.717) is 49.6 Å². The van der Waals surface area contributed by atoms with Gasteiger partial charge in [0.05, 0.1) is 25.3 Å².